The van der Waals surface area contributed by atoms with Crippen molar-refractivity contribution in [1.29, 1.82) is 0 Å². The second kappa shape index (κ2) is 7.56. The SMILES string of the molecule is COc1cccc(OC2C[C@@H]3CN(CC(=O)c4ccc(O)cn4)C[C@@H]3C2)c1. The van der Waals surface area contributed by atoms with Crippen molar-refractivity contribution in [2.75, 3.05) is 26.7 Å². The van der Waals surface area contributed by atoms with Gasteiger partial charge in [-0.3, -0.25) is 9.69 Å². The third-order valence-corrected chi connectivity index (χ3v) is 5.53. The van der Waals surface area contributed by atoms with E-state index in [1.807, 2.05) is 24.3 Å². The van der Waals surface area contributed by atoms with Crippen LogP contribution in [-0.2, 0) is 0 Å². The Hall–Kier alpha value is -2.60. The maximum atomic E-state index is 12.4. The van der Waals surface area contributed by atoms with Crippen LogP contribution in [0.4, 0.5) is 0 Å². The quantitative estimate of drug-likeness (QED) is 0.791. The lowest BCUT2D eigenvalue weighted by Gasteiger charge is -2.19. The minimum absolute atomic E-state index is 0.000783. The van der Waals surface area contributed by atoms with Crippen molar-refractivity contribution < 1.29 is 19.4 Å². The number of Topliss-reactive ketones (excluding diaryl/α,β-unsaturated/α-hetero) is 1. The smallest absolute Gasteiger partial charge is 0.195 e. The van der Waals surface area contributed by atoms with Crippen molar-refractivity contribution in [2.45, 2.75) is 18.9 Å². The average molecular weight is 368 g/mol. The Morgan fingerprint density at radius 3 is 2.59 bits per heavy atom. The van der Waals surface area contributed by atoms with Crippen LogP contribution in [0.2, 0.25) is 0 Å². The minimum atomic E-state index is -0.000783. The molecule has 0 spiro atoms. The molecule has 1 aliphatic heterocycles. The number of methoxy groups -OCH3 is 1. The van der Waals surface area contributed by atoms with Crippen molar-refractivity contribution in [3.05, 3.63) is 48.3 Å². The topological polar surface area (TPSA) is 71.9 Å². The minimum Gasteiger partial charge on any atom is -0.506 e. The van der Waals surface area contributed by atoms with E-state index in [2.05, 4.69) is 9.88 Å². The number of aromatic hydroxyl groups is 1. The molecule has 1 saturated heterocycles. The number of benzene rings is 1. The first-order valence-corrected chi connectivity index (χ1v) is 9.32. The second-order valence-corrected chi connectivity index (χ2v) is 7.43. The summed E-state index contributed by atoms with van der Waals surface area (Å²) in [5.41, 5.74) is 0.407. The number of fused-ring (bicyclic) bond motifs is 1. The highest BCUT2D eigenvalue weighted by Crippen LogP contribution is 2.40. The molecule has 2 fully saturated rings. The fraction of sp³-hybridized carbons (Fsp3) is 0.429. The Balaban J connectivity index is 1.29. The van der Waals surface area contributed by atoms with Crippen LogP contribution < -0.4 is 9.47 Å². The maximum Gasteiger partial charge on any atom is 0.195 e. The summed E-state index contributed by atoms with van der Waals surface area (Å²) in [6.45, 7) is 2.23. The molecule has 1 N–H and O–H groups in total. The predicted octanol–water partition coefficient (Wildman–Crippen LogP) is 2.77. The molecule has 1 aliphatic carbocycles. The van der Waals surface area contributed by atoms with Gasteiger partial charge in [-0.1, -0.05) is 6.07 Å². The number of ketones is 1. The summed E-state index contributed by atoms with van der Waals surface area (Å²) in [4.78, 5) is 18.6. The Labute approximate surface area is 158 Å². The number of likely N-dealkylation sites (tertiary alicyclic amines) is 1. The molecule has 1 unspecified atom stereocenters. The average Bonchev–Trinajstić information content (AvgIpc) is 3.20. The van der Waals surface area contributed by atoms with E-state index in [0.29, 0.717) is 24.1 Å². The number of carbonyl (C=O) groups excluding carboxylic acids is 1. The van der Waals surface area contributed by atoms with Gasteiger partial charge in [0.05, 0.1) is 26.0 Å². The van der Waals surface area contributed by atoms with Gasteiger partial charge in [0.25, 0.3) is 0 Å². The van der Waals surface area contributed by atoms with Gasteiger partial charge in [-0.2, -0.15) is 0 Å². The monoisotopic (exact) mass is 368 g/mol. The van der Waals surface area contributed by atoms with Gasteiger partial charge in [-0.25, -0.2) is 4.98 Å². The second-order valence-electron chi connectivity index (χ2n) is 7.43. The maximum absolute atomic E-state index is 12.4. The van der Waals surface area contributed by atoms with E-state index in [4.69, 9.17) is 9.47 Å². The van der Waals surface area contributed by atoms with Crippen molar-refractivity contribution in [3.8, 4) is 17.2 Å². The van der Waals surface area contributed by atoms with Crippen molar-refractivity contribution >= 4 is 5.78 Å². The largest absolute Gasteiger partial charge is 0.506 e. The molecule has 27 heavy (non-hydrogen) atoms. The molecule has 0 bridgehead atoms. The number of ether oxygens (including phenoxy) is 2. The van der Waals surface area contributed by atoms with Gasteiger partial charge >= 0.3 is 0 Å². The fourth-order valence-electron chi connectivity index (χ4n) is 4.27. The molecule has 1 saturated carbocycles. The van der Waals surface area contributed by atoms with Crippen LogP contribution in [0.25, 0.3) is 0 Å². The summed E-state index contributed by atoms with van der Waals surface area (Å²) >= 11 is 0. The molecule has 2 heterocycles. The van der Waals surface area contributed by atoms with E-state index < -0.39 is 0 Å². The van der Waals surface area contributed by atoms with E-state index in [0.717, 1.165) is 37.4 Å². The van der Waals surface area contributed by atoms with Crippen LogP contribution >= 0.6 is 0 Å². The number of hydrogen-bond acceptors (Lipinski definition) is 6. The van der Waals surface area contributed by atoms with Crippen LogP contribution in [0.5, 0.6) is 17.2 Å². The first-order valence-electron chi connectivity index (χ1n) is 9.32. The molecule has 6 nitrogen and oxygen atoms in total. The lowest BCUT2D eigenvalue weighted by atomic mass is 10.0. The van der Waals surface area contributed by atoms with Gasteiger partial charge in [0.2, 0.25) is 0 Å². The highest BCUT2D eigenvalue weighted by molar-refractivity contribution is 5.95. The lowest BCUT2D eigenvalue weighted by molar-refractivity contribution is 0.0932. The molecule has 6 heteroatoms. The Morgan fingerprint density at radius 1 is 1.19 bits per heavy atom. The molecule has 1 aromatic carbocycles. The molecular weight excluding hydrogens is 344 g/mol. The summed E-state index contributed by atoms with van der Waals surface area (Å²) in [5.74, 6) is 2.87. The third-order valence-electron chi connectivity index (χ3n) is 5.53. The molecule has 2 aromatic rings. The van der Waals surface area contributed by atoms with E-state index in [-0.39, 0.29) is 17.6 Å². The predicted molar refractivity (Wildman–Crippen MR) is 100 cm³/mol. The molecular formula is C21H24N2O4. The van der Waals surface area contributed by atoms with E-state index in [9.17, 15) is 9.90 Å². The molecule has 0 amide bonds. The van der Waals surface area contributed by atoms with Gasteiger partial charge in [0.1, 0.15) is 22.9 Å². The van der Waals surface area contributed by atoms with Crippen LogP contribution in [0.15, 0.2) is 42.6 Å². The first-order chi connectivity index (χ1) is 13.1. The van der Waals surface area contributed by atoms with E-state index >= 15 is 0 Å². The normalized spacial score (nSPS) is 24.6. The zero-order valence-corrected chi connectivity index (χ0v) is 15.4. The lowest BCUT2D eigenvalue weighted by Crippen LogP contribution is -2.30. The van der Waals surface area contributed by atoms with Crippen molar-refractivity contribution in [1.82, 2.24) is 9.88 Å². The highest BCUT2D eigenvalue weighted by Gasteiger charge is 2.42. The number of aromatic nitrogens is 1. The molecule has 142 valence electrons. The Bertz CT molecular complexity index is 794. The van der Waals surface area contributed by atoms with E-state index in [1.165, 1.54) is 12.3 Å². The standard InChI is InChI=1S/C21H24N2O4/c1-26-17-3-2-4-18(9-17)27-19-7-14-11-23(12-15(14)8-19)13-21(25)20-6-5-16(24)10-22-20/h2-6,9-10,14-15,19,24H,7-8,11-13H2,1H3/t14-,15+,19?. The van der Waals surface area contributed by atoms with Gasteiger partial charge in [0, 0.05) is 19.2 Å². The number of carbonyl (C=O) groups is 1. The van der Waals surface area contributed by atoms with E-state index in [1.54, 1.807) is 13.2 Å². The Kier molecular flexibility index (Phi) is 4.99. The molecule has 0 radical (unpaired) electrons. The van der Waals surface area contributed by atoms with Crippen LogP contribution in [0.1, 0.15) is 23.3 Å². The zero-order valence-electron chi connectivity index (χ0n) is 15.4. The van der Waals surface area contributed by atoms with Crippen molar-refractivity contribution in [3.63, 3.8) is 0 Å². The van der Waals surface area contributed by atoms with Gasteiger partial charge in [0.15, 0.2) is 5.78 Å². The first kappa shape index (κ1) is 17.8. The third kappa shape index (κ3) is 4.06. The summed E-state index contributed by atoms with van der Waals surface area (Å²) in [7, 11) is 1.66. The summed E-state index contributed by atoms with van der Waals surface area (Å²) in [6.07, 6.45) is 3.57. The highest BCUT2D eigenvalue weighted by atomic mass is 16.5. The number of nitrogens with zero attached hydrogens (tertiary/aromatic N) is 2. The van der Waals surface area contributed by atoms with Gasteiger partial charge < -0.3 is 14.6 Å². The fourth-order valence-corrected chi connectivity index (χ4v) is 4.27. The summed E-state index contributed by atoms with van der Waals surface area (Å²) in [5, 5.41) is 9.29. The molecule has 2 aliphatic rings. The van der Waals surface area contributed by atoms with Gasteiger partial charge in [-0.15, -0.1) is 0 Å². The molecule has 3 atom stereocenters. The zero-order chi connectivity index (χ0) is 18.8. The molecule has 4 rings (SSSR count). The Morgan fingerprint density at radius 2 is 1.93 bits per heavy atom. The summed E-state index contributed by atoms with van der Waals surface area (Å²) < 4.78 is 11.4. The number of hydrogen-bond donors (Lipinski definition) is 1. The summed E-state index contributed by atoms with van der Waals surface area (Å²) in [6, 6.07) is 10.8. The van der Waals surface area contributed by atoms with Crippen molar-refractivity contribution in [2.24, 2.45) is 11.8 Å². The van der Waals surface area contributed by atoms with Crippen LogP contribution in [0, 0.1) is 11.8 Å². The number of rotatable bonds is 6. The van der Waals surface area contributed by atoms with Crippen LogP contribution in [-0.4, -0.2) is 53.6 Å². The van der Waals surface area contributed by atoms with Crippen LogP contribution in [0.3, 0.4) is 0 Å². The molecule has 1 aromatic heterocycles. The number of pyridine rings is 1. The van der Waals surface area contributed by atoms with Gasteiger partial charge in [-0.05, 0) is 48.9 Å².